The van der Waals surface area contributed by atoms with Crippen molar-refractivity contribution in [3.8, 4) is 0 Å². The Morgan fingerprint density at radius 1 is 0.441 bits per heavy atom. The third-order valence-corrected chi connectivity index (χ3v) is 15.0. The van der Waals surface area contributed by atoms with Gasteiger partial charge in [-0.25, -0.2) is 0 Å². The van der Waals surface area contributed by atoms with Crippen LogP contribution >= 0.6 is 0 Å². The van der Waals surface area contributed by atoms with Gasteiger partial charge in [-0.3, -0.25) is 4.79 Å². The number of carbonyl (C=O) groups excluding carboxylic acids is 1. The molecular weight excluding hydrogens is 851 g/mol. The summed E-state index contributed by atoms with van der Waals surface area (Å²) in [4.78, 5) is 13.1. The molecule has 0 radical (unpaired) electrons. The summed E-state index contributed by atoms with van der Waals surface area (Å²) in [6.45, 7) is 3.88. The molecule has 1 amide bonds. The van der Waals surface area contributed by atoms with Crippen LogP contribution in [0.3, 0.4) is 0 Å². The number of carbonyl (C=O) groups is 1. The van der Waals surface area contributed by atoms with E-state index in [2.05, 4.69) is 19.2 Å². The molecule has 406 valence electrons. The summed E-state index contributed by atoms with van der Waals surface area (Å²) in [5.74, 6) is -0.136. The zero-order chi connectivity index (χ0) is 49.4. The minimum atomic E-state index is -1.55. The van der Waals surface area contributed by atoms with Crippen LogP contribution in [0, 0.1) is 0 Å². The maximum Gasteiger partial charge on any atom is 0.220 e. The lowest BCUT2D eigenvalue weighted by Crippen LogP contribution is -2.60. The molecule has 9 heteroatoms. The van der Waals surface area contributed by atoms with Gasteiger partial charge in [0.15, 0.2) is 6.29 Å². The van der Waals surface area contributed by atoms with Crippen LogP contribution in [0.15, 0.2) is 0 Å². The normalized spacial score (nSPS) is 19.4. The second-order valence-electron chi connectivity index (χ2n) is 21.5. The first-order chi connectivity index (χ1) is 33.3. The number of ether oxygens (including phenoxy) is 2. The molecule has 0 aliphatic carbocycles. The molecule has 1 rings (SSSR count). The van der Waals surface area contributed by atoms with E-state index in [1.54, 1.807) is 0 Å². The van der Waals surface area contributed by atoms with Crippen LogP contribution in [0.5, 0.6) is 0 Å². The third kappa shape index (κ3) is 38.8. The van der Waals surface area contributed by atoms with Crippen LogP contribution in [-0.2, 0) is 14.3 Å². The number of amides is 1. The molecule has 2 unspecified atom stereocenters. The largest absolute Gasteiger partial charge is 0.394 e. The van der Waals surface area contributed by atoms with E-state index in [1.165, 1.54) is 250 Å². The average molecular weight is 969 g/mol. The van der Waals surface area contributed by atoms with Crippen molar-refractivity contribution in [2.45, 2.75) is 358 Å². The predicted octanol–water partition coefficient (Wildman–Crippen LogP) is 15.0. The number of unbranched alkanes of at least 4 members (excludes halogenated alkanes) is 43. The summed E-state index contributed by atoms with van der Waals surface area (Å²) in [6.07, 6.45) is 53.0. The number of rotatable bonds is 53. The van der Waals surface area contributed by atoms with Crippen LogP contribution < -0.4 is 5.32 Å². The molecule has 0 aromatic rings. The maximum atomic E-state index is 13.1. The van der Waals surface area contributed by atoms with E-state index < -0.39 is 49.5 Å². The Hall–Kier alpha value is -0.810. The monoisotopic (exact) mass is 968 g/mol. The summed E-state index contributed by atoms with van der Waals surface area (Å²) < 4.78 is 11.3. The van der Waals surface area contributed by atoms with E-state index in [-0.39, 0.29) is 12.5 Å². The minimum absolute atomic E-state index is 0.131. The molecule has 1 saturated heterocycles. The first-order valence-electron chi connectivity index (χ1n) is 30.2. The Kier molecular flexibility index (Phi) is 47.7. The number of nitrogens with one attached hydrogen (secondary N) is 1. The van der Waals surface area contributed by atoms with Crippen LogP contribution in [0.25, 0.3) is 0 Å². The molecule has 1 heterocycles. The third-order valence-electron chi connectivity index (χ3n) is 15.0. The number of hydrogen-bond acceptors (Lipinski definition) is 8. The summed E-state index contributed by atoms with van der Waals surface area (Å²) in [5, 5.41) is 54.6. The first kappa shape index (κ1) is 65.2. The minimum Gasteiger partial charge on any atom is -0.394 e. The standard InChI is InChI=1S/C59H117NO8/c1-3-5-7-9-11-13-15-17-19-20-21-22-23-24-25-26-27-28-29-30-31-32-33-34-35-37-39-41-43-45-47-49-55(63)60-52(51-67-59-58(66)57(65)56(64)54(50-61)68-59)53(62)48-46-44-42-40-38-36-18-16-14-12-10-8-6-4-2/h52-54,56-59,61-62,64-66H,3-51H2,1-2H3,(H,60,63)/t52-,53+,54+,56-,57?,58?,59+/m0/s1. The highest BCUT2D eigenvalue weighted by Crippen LogP contribution is 2.24. The lowest BCUT2D eigenvalue weighted by Gasteiger charge is -2.40. The van der Waals surface area contributed by atoms with E-state index in [4.69, 9.17) is 9.47 Å². The van der Waals surface area contributed by atoms with Gasteiger partial charge in [-0.15, -0.1) is 0 Å². The van der Waals surface area contributed by atoms with E-state index in [0.29, 0.717) is 12.8 Å². The zero-order valence-corrected chi connectivity index (χ0v) is 45.2. The van der Waals surface area contributed by atoms with Gasteiger partial charge in [0.1, 0.15) is 24.4 Å². The highest BCUT2D eigenvalue weighted by molar-refractivity contribution is 5.76. The molecule has 1 aliphatic heterocycles. The van der Waals surface area contributed by atoms with E-state index in [1.807, 2.05) is 0 Å². The Bertz CT molecular complexity index is 1030. The molecule has 0 bridgehead atoms. The molecule has 0 aromatic carbocycles. The van der Waals surface area contributed by atoms with Crippen LogP contribution in [0.4, 0.5) is 0 Å². The molecule has 68 heavy (non-hydrogen) atoms. The fourth-order valence-corrected chi connectivity index (χ4v) is 10.2. The number of hydrogen-bond donors (Lipinski definition) is 6. The van der Waals surface area contributed by atoms with Gasteiger partial charge in [0, 0.05) is 6.42 Å². The van der Waals surface area contributed by atoms with Crippen molar-refractivity contribution in [1.82, 2.24) is 5.32 Å². The molecule has 0 saturated carbocycles. The van der Waals surface area contributed by atoms with Crippen LogP contribution in [-0.4, -0.2) is 87.5 Å². The van der Waals surface area contributed by atoms with E-state index in [9.17, 15) is 30.3 Å². The molecule has 9 nitrogen and oxygen atoms in total. The van der Waals surface area contributed by atoms with Gasteiger partial charge >= 0.3 is 0 Å². The highest BCUT2D eigenvalue weighted by atomic mass is 16.7. The number of aliphatic hydroxyl groups is 5. The lowest BCUT2D eigenvalue weighted by molar-refractivity contribution is -0.302. The van der Waals surface area contributed by atoms with Crippen LogP contribution in [0.2, 0.25) is 0 Å². The summed E-state index contributed by atoms with van der Waals surface area (Å²) in [5.41, 5.74) is 0. The van der Waals surface area contributed by atoms with Gasteiger partial charge in [0.2, 0.25) is 5.91 Å². The van der Waals surface area contributed by atoms with Gasteiger partial charge in [-0.1, -0.05) is 296 Å². The van der Waals surface area contributed by atoms with Gasteiger partial charge in [0.05, 0.1) is 25.4 Å². The van der Waals surface area contributed by atoms with Crippen molar-refractivity contribution in [2.75, 3.05) is 13.2 Å². The summed E-state index contributed by atoms with van der Waals surface area (Å²) in [6, 6.07) is -0.713. The van der Waals surface area contributed by atoms with Crippen molar-refractivity contribution < 1.29 is 39.8 Å². The van der Waals surface area contributed by atoms with E-state index >= 15 is 0 Å². The second kappa shape index (κ2) is 49.8. The number of aliphatic hydroxyl groups excluding tert-OH is 5. The Morgan fingerprint density at radius 3 is 1.04 bits per heavy atom. The second-order valence-corrected chi connectivity index (χ2v) is 21.5. The van der Waals surface area contributed by atoms with Gasteiger partial charge < -0.3 is 40.3 Å². The van der Waals surface area contributed by atoms with Crippen molar-refractivity contribution in [3.05, 3.63) is 0 Å². The Morgan fingerprint density at radius 2 is 0.735 bits per heavy atom. The SMILES string of the molecule is CCCCCCCCCCCCCCCCCCCCCCCCCCCCCCCCCC(=O)N[C@@H](CO[C@@H]1O[C@H](CO)[C@H](O)C(O)C1O)[C@H](O)CCCCCCCCCCCCCCCC. The lowest BCUT2D eigenvalue weighted by atomic mass is 9.99. The smallest absolute Gasteiger partial charge is 0.220 e. The average Bonchev–Trinajstić information content (AvgIpc) is 3.34. The predicted molar refractivity (Wildman–Crippen MR) is 286 cm³/mol. The molecule has 1 aliphatic rings. The van der Waals surface area contributed by atoms with Crippen molar-refractivity contribution in [2.24, 2.45) is 0 Å². The zero-order valence-electron chi connectivity index (χ0n) is 45.2. The molecule has 6 N–H and O–H groups in total. The maximum absolute atomic E-state index is 13.1. The van der Waals surface area contributed by atoms with Crippen molar-refractivity contribution in [3.63, 3.8) is 0 Å². The quantitative estimate of drug-likeness (QED) is 0.0330. The molecule has 1 fully saturated rings. The topological polar surface area (TPSA) is 149 Å². The highest BCUT2D eigenvalue weighted by Gasteiger charge is 2.44. The molecule has 7 atom stereocenters. The van der Waals surface area contributed by atoms with Crippen molar-refractivity contribution in [1.29, 1.82) is 0 Å². The summed E-state index contributed by atoms with van der Waals surface area (Å²) in [7, 11) is 0. The first-order valence-corrected chi connectivity index (χ1v) is 30.2. The summed E-state index contributed by atoms with van der Waals surface area (Å²) >= 11 is 0. The van der Waals surface area contributed by atoms with Crippen LogP contribution in [0.1, 0.15) is 316 Å². The molecule has 0 aromatic heterocycles. The fraction of sp³-hybridized carbons (Fsp3) is 0.983. The molecule has 0 spiro atoms. The van der Waals surface area contributed by atoms with E-state index in [0.717, 1.165) is 38.5 Å². The fourth-order valence-electron chi connectivity index (χ4n) is 10.2. The van der Waals surface area contributed by atoms with Gasteiger partial charge in [-0.05, 0) is 12.8 Å². The molecular formula is C59H117NO8. The Labute approximate surface area is 421 Å². The Balaban J connectivity index is 2.09. The van der Waals surface area contributed by atoms with Crippen molar-refractivity contribution >= 4 is 5.91 Å². The van der Waals surface area contributed by atoms with Gasteiger partial charge in [0.25, 0.3) is 0 Å². The van der Waals surface area contributed by atoms with Gasteiger partial charge in [-0.2, -0.15) is 0 Å².